The molecule has 7 N–H and O–H groups in total. The van der Waals surface area contributed by atoms with E-state index in [4.69, 9.17) is 16.2 Å². The van der Waals surface area contributed by atoms with E-state index in [2.05, 4.69) is 107 Å². The number of carbonyl (C=O) groups excluding carboxylic acids is 2. The first-order chi connectivity index (χ1) is 35.0. The molecule has 2 unspecified atom stereocenters. The maximum atomic E-state index is 13.4. The van der Waals surface area contributed by atoms with Gasteiger partial charge in [0.2, 0.25) is 0 Å². The van der Waals surface area contributed by atoms with Gasteiger partial charge in [-0.3, -0.25) is 9.59 Å². The van der Waals surface area contributed by atoms with Crippen LogP contribution >= 0.6 is 0 Å². The molecule has 0 aliphatic heterocycles. The van der Waals surface area contributed by atoms with Crippen LogP contribution in [0.25, 0.3) is 11.4 Å². The molecule has 2 saturated carbocycles. The second-order valence-corrected chi connectivity index (χ2v) is 19.3. The molecule has 0 radical (unpaired) electrons. The van der Waals surface area contributed by atoms with Gasteiger partial charge < -0.3 is 32.2 Å². The lowest BCUT2D eigenvalue weighted by Crippen LogP contribution is -2.25. The number of nitrogens with zero attached hydrogens (tertiary/aromatic N) is 4. The molecule has 72 heavy (non-hydrogen) atoms. The fourth-order valence-electron chi connectivity index (χ4n) is 8.84. The van der Waals surface area contributed by atoms with E-state index >= 15 is 0 Å². The number of benzene rings is 6. The molecule has 2 aliphatic rings. The lowest BCUT2D eigenvalue weighted by Gasteiger charge is -2.21. The average Bonchev–Trinajstić information content (AvgIpc) is 4.33. The fourth-order valence-corrected chi connectivity index (χ4v) is 8.84. The molecular weight excluding hydrogens is 895 g/mol. The predicted octanol–water partition coefficient (Wildman–Crippen LogP) is 11.0. The van der Waals surface area contributed by atoms with Crippen LogP contribution in [0.4, 0.5) is 11.4 Å². The molecule has 6 aromatic carbocycles. The van der Waals surface area contributed by atoms with Gasteiger partial charge in [-0.2, -0.15) is 10.2 Å². The first-order valence-electron chi connectivity index (χ1n) is 25.0. The van der Waals surface area contributed by atoms with E-state index in [9.17, 15) is 9.59 Å². The lowest BCUT2D eigenvalue weighted by molar-refractivity contribution is 0.0718. The molecule has 2 aliphatic carbocycles. The van der Waals surface area contributed by atoms with E-state index < -0.39 is 0 Å². The molecule has 0 spiro atoms. The third kappa shape index (κ3) is 12.7. The summed E-state index contributed by atoms with van der Waals surface area (Å²) in [6.07, 6.45) is 4.88. The Morgan fingerprint density at radius 1 is 0.556 bits per heavy atom. The molecule has 8 aromatic rings. The number of hydrogen-bond donors (Lipinski definition) is 5. The van der Waals surface area contributed by atoms with Crippen LogP contribution in [0.3, 0.4) is 0 Å². The highest BCUT2D eigenvalue weighted by atomic mass is 16.5. The van der Waals surface area contributed by atoms with Gasteiger partial charge in [-0.25, -0.2) is 9.36 Å². The molecule has 2 amide bonds. The Morgan fingerprint density at radius 2 is 1.06 bits per heavy atom. The van der Waals surface area contributed by atoms with Crippen LogP contribution in [0.2, 0.25) is 0 Å². The zero-order chi connectivity index (χ0) is 50.1. The number of anilines is 2. The second kappa shape index (κ2) is 22.7. The largest absolute Gasteiger partial charge is 0.368 e. The summed E-state index contributed by atoms with van der Waals surface area (Å²) < 4.78 is 9.75. The fraction of sp³-hybridized carbons (Fsp3) is 0.267. The van der Waals surface area contributed by atoms with Crippen LogP contribution in [-0.4, -0.2) is 44.5 Å². The van der Waals surface area contributed by atoms with Crippen molar-refractivity contribution in [1.82, 2.24) is 24.9 Å². The summed E-state index contributed by atoms with van der Waals surface area (Å²) in [6, 6.07) is 52.3. The molecule has 12 nitrogen and oxygen atoms in total. The normalized spacial score (nSPS) is 14.0. The molecular formula is C60H65N9O3. The van der Waals surface area contributed by atoms with E-state index in [-0.39, 0.29) is 24.0 Å². The van der Waals surface area contributed by atoms with Crippen LogP contribution in [-0.2, 0) is 17.8 Å². The molecule has 2 fully saturated rings. The Balaban J connectivity index is 0.000000178. The van der Waals surface area contributed by atoms with E-state index in [1.807, 2.05) is 92.7 Å². The molecule has 12 heteroatoms. The van der Waals surface area contributed by atoms with Gasteiger partial charge >= 0.3 is 0 Å². The van der Waals surface area contributed by atoms with Gasteiger partial charge in [-0.15, -0.1) is 0 Å². The monoisotopic (exact) mass is 960 g/mol. The lowest BCUT2D eigenvalue weighted by atomic mass is 9.97. The van der Waals surface area contributed by atoms with E-state index in [1.54, 1.807) is 21.5 Å². The Morgan fingerprint density at radius 3 is 1.58 bits per heavy atom. The molecule has 368 valence electrons. The number of aryl methyl sites for hydroxylation is 4. The van der Waals surface area contributed by atoms with E-state index in [0.29, 0.717) is 36.1 Å². The van der Waals surface area contributed by atoms with E-state index in [0.717, 1.165) is 75.3 Å². The first kappa shape index (κ1) is 49.5. The number of amides is 2. The van der Waals surface area contributed by atoms with Gasteiger partial charge in [0.15, 0.2) is 0 Å². The van der Waals surface area contributed by atoms with Gasteiger partial charge in [0.05, 0.1) is 35.4 Å². The maximum Gasteiger partial charge on any atom is 0.274 e. The smallest absolute Gasteiger partial charge is 0.274 e. The summed E-state index contributed by atoms with van der Waals surface area (Å²) in [5.41, 5.74) is 26.1. The Bertz CT molecular complexity index is 3150. The van der Waals surface area contributed by atoms with Crippen molar-refractivity contribution in [3.05, 3.63) is 225 Å². The molecule has 2 aromatic heterocycles. The summed E-state index contributed by atoms with van der Waals surface area (Å²) >= 11 is 0. The van der Waals surface area contributed by atoms with E-state index in [1.165, 1.54) is 42.4 Å². The third-order valence-electron chi connectivity index (χ3n) is 13.1. The van der Waals surface area contributed by atoms with Crippen molar-refractivity contribution in [1.29, 1.82) is 0 Å². The highest BCUT2D eigenvalue weighted by molar-refractivity contribution is 6.04. The number of aromatic nitrogens is 4. The Hall–Kier alpha value is -7.48. The van der Waals surface area contributed by atoms with Crippen molar-refractivity contribution in [3.8, 4) is 11.4 Å². The molecule has 0 saturated heterocycles. The summed E-state index contributed by atoms with van der Waals surface area (Å²) in [4.78, 5) is 26.7. The van der Waals surface area contributed by atoms with Crippen molar-refractivity contribution in [2.75, 3.05) is 23.8 Å². The van der Waals surface area contributed by atoms with Crippen LogP contribution in [0.15, 0.2) is 158 Å². The highest BCUT2D eigenvalue weighted by Gasteiger charge is 2.26. The van der Waals surface area contributed by atoms with Crippen LogP contribution < -0.4 is 27.4 Å². The summed E-state index contributed by atoms with van der Waals surface area (Å²) in [5, 5.41) is 19.0. The standard InChI is InChI=1S/C30H33N5O.C30H32N4O2/c1-20-9-13-24(14-10-20)29(32-19-22-11-12-22)25-6-4-7-26(17-25)33-30(36)28-15-21(2)34-35(28)27-8-3-5-23(16-27)18-31;1-20-6-3-8-24(14-20)29(36-19-22-12-13-22)25-9-5-10-26(17-25)32-30(35)28-15-21(2)33-34(28)27-11-4-7-23(16-27)18-31/h3-10,13-17,22,29,32H,11-12,18-19,31H2,1-2H3,(H,33,36);3-11,14-17,22,29H,12-13,18-19,31H2,1-2H3,(H,32,35). The zero-order valence-corrected chi connectivity index (χ0v) is 41.6. The highest BCUT2D eigenvalue weighted by Crippen LogP contribution is 2.35. The SMILES string of the molecule is Cc1ccc(C(NCC2CC2)c2cccc(NC(=O)c3cc(C)nn3-c3cccc(CN)c3)c2)cc1.Cc1cccc(C(OCC2CC2)c2cccc(NC(=O)c3cc(C)nn3-c3cccc(CN)c3)c2)c1. The van der Waals surface area contributed by atoms with Crippen molar-refractivity contribution in [3.63, 3.8) is 0 Å². The summed E-state index contributed by atoms with van der Waals surface area (Å²) in [6.45, 7) is 10.6. The number of nitrogens with two attached hydrogens (primary N) is 2. The first-order valence-corrected chi connectivity index (χ1v) is 25.0. The minimum Gasteiger partial charge on any atom is -0.368 e. The molecule has 10 rings (SSSR count). The number of carbonyl (C=O) groups is 2. The quantitative estimate of drug-likeness (QED) is 0.0567. The van der Waals surface area contributed by atoms with Gasteiger partial charge in [0.1, 0.15) is 17.5 Å². The van der Waals surface area contributed by atoms with Crippen molar-refractivity contribution >= 4 is 23.2 Å². The second-order valence-electron chi connectivity index (χ2n) is 19.3. The number of ether oxygens (including phenoxy) is 1. The van der Waals surface area contributed by atoms with Crippen molar-refractivity contribution < 1.29 is 14.3 Å². The predicted molar refractivity (Wildman–Crippen MR) is 287 cm³/mol. The Kier molecular flexibility index (Phi) is 15.6. The minimum absolute atomic E-state index is 0.0647. The van der Waals surface area contributed by atoms with Gasteiger partial charge in [0, 0.05) is 24.5 Å². The Labute approximate surface area is 422 Å². The number of rotatable bonds is 18. The van der Waals surface area contributed by atoms with Crippen molar-refractivity contribution in [2.24, 2.45) is 23.3 Å². The zero-order valence-electron chi connectivity index (χ0n) is 41.6. The van der Waals surface area contributed by atoms with Gasteiger partial charge in [0.25, 0.3) is 11.8 Å². The molecule has 2 heterocycles. The summed E-state index contributed by atoms with van der Waals surface area (Å²) in [7, 11) is 0. The number of hydrogen-bond acceptors (Lipinski definition) is 8. The van der Waals surface area contributed by atoms with Crippen molar-refractivity contribution in [2.45, 2.75) is 78.6 Å². The molecule has 2 atom stereocenters. The average molecular weight is 960 g/mol. The van der Waals surface area contributed by atoms with Crippen LogP contribution in [0, 0.1) is 39.5 Å². The molecule has 0 bridgehead atoms. The summed E-state index contributed by atoms with van der Waals surface area (Å²) in [5.74, 6) is 0.990. The maximum absolute atomic E-state index is 13.4. The van der Waals surface area contributed by atoms with Crippen LogP contribution in [0.5, 0.6) is 0 Å². The van der Waals surface area contributed by atoms with Gasteiger partial charge in [-0.05, 0) is 166 Å². The third-order valence-corrected chi connectivity index (χ3v) is 13.1. The number of nitrogens with one attached hydrogen (secondary N) is 3. The topological polar surface area (TPSA) is 167 Å². The minimum atomic E-state index is -0.225. The van der Waals surface area contributed by atoms with Crippen LogP contribution in [0.1, 0.15) is 115 Å². The van der Waals surface area contributed by atoms with Gasteiger partial charge in [-0.1, -0.05) is 108 Å².